The van der Waals surface area contributed by atoms with Crippen LogP contribution in [0.1, 0.15) is 91.9 Å². The molecule has 3 nitrogen and oxygen atoms in total. The monoisotopic (exact) mass is 314 g/mol. The van der Waals surface area contributed by atoms with Crippen LogP contribution in [-0.2, 0) is 9.47 Å². The van der Waals surface area contributed by atoms with E-state index in [0.717, 1.165) is 37.5 Å². The summed E-state index contributed by atoms with van der Waals surface area (Å²) >= 11 is 0. The smallest absolute Gasteiger partial charge is 0.434 e. The first-order chi connectivity index (χ1) is 10.6. The molecule has 0 bridgehead atoms. The lowest BCUT2D eigenvalue weighted by Crippen LogP contribution is -2.09. The van der Waals surface area contributed by atoms with Crippen LogP contribution in [0.2, 0.25) is 0 Å². The Morgan fingerprint density at radius 1 is 0.727 bits per heavy atom. The van der Waals surface area contributed by atoms with E-state index in [-0.39, 0.29) is 0 Å². The van der Waals surface area contributed by atoms with Gasteiger partial charge < -0.3 is 9.47 Å². The van der Waals surface area contributed by atoms with Gasteiger partial charge in [-0.3, -0.25) is 0 Å². The Labute approximate surface area is 138 Å². The first-order valence-electron chi connectivity index (χ1n) is 9.39. The number of carbonyl (C=O) groups is 1. The van der Waals surface area contributed by atoms with E-state index in [0.29, 0.717) is 13.2 Å². The molecule has 22 heavy (non-hydrogen) atoms. The first-order valence-corrected chi connectivity index (χ1v) is 9.39. The average Bonchev–Trinajstić information content (AvgIpc) is 2.53. The van der Waals surface area contributed by atoms with Crippen molar-refractivity contribution in [3.05, 3.63) is 0 Å². The van der Waals surface area contributed by atoms with Crippen molar-refractivity contribution in [1.82, 2.24) is 0 Å². The summed E-state index contributed by atoms with van der Waals surface area (Å²) in [4.78, 5) is 11.4. The highest BCUT2D eigenvalue weighted by molar-refractivity contribution is 5.59. The SMILES string of the molecule is CCC(C)CCCCCOC(=O)OCCCCCC(C)CC. The second-order valence-corrected chi connectivity index (χ2v) is 6.67. The molecule has 0 saturated carbocycles. The van der Waals surface area contributed by atoms with Crippen LogP contribution in [0.4, 0.5) is 4.79 Å². The molecule has 0 aromatic carbocycles. The molecule has 0 aliphatic carbocycles. The van der Waals surface area contributed by atoms with E-state index in [1.54, 1.807) is 0 Å². The molecule has 0 aliphatic rings. The minimum atomic E-state index is -0.496. The lowest BCUT2D eigenvalue weighted by atomic mass is 10.0. The van der Waals surface area contributed by atoms with Crippen LogP contribution in [-0.4, -0.2) is 19.4 Å². The van der Waals surface area contributed by atoms with Gasteiger partial charge in [-0.25, -0.2) is 4.79 Å². The van der Waals surface area contributed by atoms with Gasteiger partial charge in [0.05, 0.1) is 13.2 Å². The van der Waals surface area contributed by atoms with Crippen LogP contribution >= 0.6 is 0 Å². The fourth-order valence-electron chi connectivity index (χ4n) is 2.30. The van der Waals surface area contributed by atoms with Gasteiger partial charge in [-0.1, -0.05) is 79.1 Å². The Balaban J connectivity index is 3.26. The molecule has 0 aromatic rings. The summed E-state index contributed by atoms with van der Waals surface area (Å²) in [6.45, 7) is 10.0. The van der Waals surface area contributed by atoms with Crippen molar-refractivity contribution in [3.8, 4) is 0 Å². The molecule has 0 aromatic heterocycles. The van der Waals surface area contributed by atoms with E-state index >= 15 is 0 Å². The van der Waals surface area contributed by atoms with Crippen LogP contribution < -0.4 is 0 Å². The van der Waals surface area contributed by atoms with Gasteiger partial charge in [0.15, 0.2) is 0 Å². The molecule has 2 unspecified atom stereocenters. The standard InChI is InChI=1S/C19H38O3/c1-5-17(3)13-9-7-11-15-21-19(20)22-16-12-8-10-14-18(4)6-2/h17-18H,5-16H2,1-4H3. The zero-order valence-electron chi connectivity index (χ0n) is 15.4. The van der Waals surface area contributed by atoms with Gasteiger partial charge in [0.25, 0.3) is 0 Å². The summed E-state index contributed by atoms with van der Waals surface area (Å²) in [5, 5.41) is 0. The van der Waals surface area contributed by atoms with Gasteiger partial charge >= 0.3 is 6.16 Å². The summed E-state index contributed by atoms with van der Waals surface area (Å²) in [6, 6.07) is 0. The van der Waals surface area contributed by atoms with Gasteiger partial charge in [0.2, 0.25) is 0 Å². The Kier molecular flexibility index (Phi) is 14.7. The maximum absolute atomic E-state index is 11.4. The number of hydrogen-bond donors (Lipinski definition) is 0. The number of ether oxygens (including phenoxy) is 2. The number of hydrogen-bond acceptors (Lipinski definition) is 3. The topological polar surface area (TPSA) is 35.5 Å². The number of unbranched alkanes of at least 4 members (excludes halogenated alkanes) is 4. The van der Waals surface area contributed by atoms with Crippen molar-refractivity contribution in [2.45, 2.75) is 91.9 Å². The molecule has 0 N–H and O–H groups in total. The van der Waals surface area contributed by atoms with Crippen molar-refractivity contribution in [2.24, 2.45) is 11.8 Å². The van der Waals surface area contributed by atoms with Crippen molar-refractivity contribution in [2.75, 3.05) is 13.2 Å². The Morgan fingerprint density at radius 2 is 1.14 bits per heavy atom. The van der Waals surface area contributed by atoms with Crippen molar-refractivity contribution >= 4 is 6.16 Å². The van der Waals surface area contributed by atoms with Crippen molar-refractivity contribution in [3.63, 3.8) is 0 Å². The minimum absolute atomic E-state index is 0.493. The van der Waals surface area contributed by atoms with Crippen LogP contribution in [0.5, 0.6) is 0 Å². The molecular formula is C19H38O3. The maximum atomic E-state index is 11.4. The highest BCUT2D eigenvalue weighted by atomic mass is 16.7. The Hall–Kier alpha value is -0.730. The highest BCUT2D eigenvalue weighted by Crippen LogP contribution is 2.13. The summed E-state index contributed by atoms with van der Waals surface area (Å²) in [5.74, 6) is 1.62. The molecule has 0 rings (SSSR count). The van der Waals surface area contributed by atoms with Crippen molar-refractivity contribution in [1.29, 1.82) is 0 Å². The van der Waals surface area contributed by atoms with Gasteiger partial charge in [-0.2, -0.15) is 0 Å². The fraction of sp³-hybridized carbons (Fsp3) is 0.947. The highest BCUT2D eigenvalue weighted by Gasteiger charge is 2.04. The quantitative estimate of drug-likeness (QED) is 0.277. The molecule has 132 valence electrons. The lowest BCUT2D eigenvalue weighted by molar-refractivity contribution is 0.0528. The Bertz CT molecular complexity index is 229. The molecular weight excluding hydrogens is 276 g/mol. The predicted octanol–water partition coefficient (Wildman–Crippen LogP) is 6.35. The second-order valence-electron chi connectivity index (χ2n) is 6.67. The molecule has 0 aliphatic heterocycles. The molecule has 0 radical (unpaired) electrons. The van der Waals surface area contributed by atoms with E-state index in [2.05, 4.69) is 27.7 Å². The minimum Gasteiger partial charge on any atom is -0.434 e. The maximum Gasteiger partial charge on any atom is 0.508 e. The van der Waals surface area contributed by atoms with Gasteiger partial charge in [-0.05, 0) is 24.7 Å². The van der Waals surface area contributed by atoms with Crippen LogP contribution in [0.15, 0.2) is 0 Å². The molecule has 0 saturated heterocycles. The average molecular weight is 315 g/mol. The largest absolute Gasteiger partial charge is 0.508 e. The van der Waals surface area contributed by atoms with Gasteiger partial charge in [-0.15, -0.1) is 0 Å². The summed E-state index contributed by atoms with van der Waals surface area (Å²) in [5.41, 5.74) is 0. The second kappa shape index (κ2) is 15.2. The van der Waals surface area contributed by atoms with E-state index in [1.165, 1.54) is 38.5 Å². The van der Waals surface area contributed by atoms with E-state index in [1.807, 2.05) is 0 Å². The van der Waals surface area contributed by atoms with E-state index < -0.39 is 6.16 Å². The van der Waals surface area contributed by atoms with E-state index in [9.17, 15) is 4.79 Å². The van der Waals surface area contributed by atoms with Crippen LogP contribution in [0, 0.1) is 11.8 Å². The Morgan fingerprint density at radius 3 is 1.50 bits per heavy atom. The number of rotatable bonds is 14. The normalized spacial score (nSPS) is 13.6. The predicted molar refractivity (Wildman–Crippen MR) is 93.1 cm³/mol. The zero-order valence-corrected chi connectivity index (χ0v) is 15.4. The lowest BCUT2D eigenvalue weighted by Gasteiger charge is -2.09. The molecule has 0 heterocycles. The first kappa shape index (κ1) is 21.3. The van der Waals surface area contributed by atoms with Crippen LogP contribution in [0.3, 0.4) is 0 Å². The molecule has 3 heteroatoms. The summed E-state index contributed by atoms with van der Waals surface area (Å²) in [7, 11) is 0. The van der Waals surface area contributed by atoms with Crippen LogP contribution in [0.25, 0.3) is 0 Å². The number of carbonyl (C=O) groups excluding carboxylic acids is 1. The van der Waals surface area contributed by atoms with E-state index in [4.69, 9.17) is 9.47 Å². The summed E-state index contributed by atoms with van der Waals surface area (Å²) in [6.07, 6.45) is 11.2. The zero-order chi connectivity index (χ0) is 16.6. The summed E-state index contributed by atoms with van der Waals surface area (Å²) < 4.78 is 10.2. The molecule has 2 atom stereocenters. The third-order valence-electron chi connectivity index (χ3n) is 4.52. The van der Waals surface area contributed by atoms with Gasteiger partial charge in [0, 0.05) is 0 Å². The van der Waals surface area contributed by atoms with Gasteiger partial charge in [0.1, 0.15) is 0 Å². The van der Waals surface area contributed by atoms with Crippen molar-refractivity contribution < 1.29 is 14.3 Å². The molecule has 0 fully saturated rings. The molecule has 0 amide bonds. The fourth-order valence-corrected chi connectivity index (χ4v) is 2.30. The third-order valence-corrected chi connectivity index (χ3v) is 4.52. The third kappa shape index (κ3) is 14.2. The molecule has 0 spiro atoms.